The van der Waals surface area contributed by atoms with Crippen LogP contribution in [0.25, 0.3) is 0 Å². The predicted octanol–water partition coefficient (Wildman–Crippen LogP) is 3.68. The number of para-hydroxylation sites is 1. The molecule has 1 fully saturated rings. The lowest BCUT2D eigenvalue weighted by Gasteiger charge is -2.24. The smallest absolute Gasteiger partial charge is 0.318 e. The third-order valence-electron chi connectivity index (χ3n) is 4.81. The van der Waals surface area contributed by atoms with Crippen LogP contribution in [0.2, 0.25) is 0 Å². The first-order valence-electron chi connectivity index (χ1n) is 9.30. The van der Waals surface area contributed by atoms with E-state index in [0.717, 1.165) is 54.0 Å². The zero-order chi connectivity index (χ0) is 18.5. The molecule has 0 aliphatic heterocycles. The third-order valence-corrected chi connectivity index (χ3v) is 4.81. The molecule has 0 bridgehead atoms. The summed E-state index contributed by atoms with van der Waals surface area (Å²) in [7, 11) is 1.66. The normalized spacial score (nSPS) is 13.5. The standard InChI is InChI=1S/C20H27N3O3/c1-4-17-16(18(5-2)26-22-17)12-21-20(24)23(15-10-11-15)13-14-8-6-7-9-19(14)25-3/h6-9,15H,4-5,10-13H2,1-3H3,(H,21,24). The largest absolute Gasteiger partial charge is 0.496 e. The van der Waals surface area contributed by atoms with Crippen molar-refractivity contribution in [1.29, 1.82) is 0 Å². The molecule has 1 N–H and O–H groups in total. The number of urea groups is 1. The van der Waals surface area contributed by atoms with Gasteiger partial charge in [-0.2, -0.15) is 0 Å². The minimum Gasteiger partial charge on any atom is -0.496 e. The van der Waals surface area contributed by atoms with E-state index in [1.807, 2.05) is 43.0 Å². The molecule has 1 saturated carbocycles. The van der Waals surface area contributed by atoms with Crippen molar-refractivity contribution in [3.63, 3.8) is 0 Å². The van der Waals surface area contributed by atoms with Gasteiger partial charge in [-0.15, -0.1) is 0 Å². The second kappa shape index (κ2) is 8.25. The molecular formula is C20H27N3O3. The highest BCUT2D eigenvalue weighted by Crippen LogP contribution is 2.30. The van der Waals surface area contributed by atoms with Gasteiger partial charge in [0, 0.05) is 30.1 Å². The van der Waals surface area contributed by atoms with Gasteiger partial charge in [-0.1, -0.05) is 37.2 Å². The fraction of sp³-hybridized carbons (Fsp3) is 0.500. The van der Waals surface area contributed by atoms with Gasteiger partial charge >= 0.3 is 6.03 Å². The van der Waals surface area contributed by atoms with Crippen LogP contribution in [-0.4, -0.2) is 29.2 Å². The van der Waals surface area contributed by atoms with Crippen LogP contribution >= 0.6 is 0 Å². The van der Waals surface area contributed by atoms with E-state index in [-0.39, 0.29) is 6.03 Å². The minimum absolute atomic E-state index is 0.0521. The summed E-state index contributed by atoms with van der Waals surface area (Å²) in [5.41, 5.74) is 2.95. The Labute approximate surface area is 154 Å². The predicted molar refractivity (Wildman–Crippen MR) is 99.1 cm³/mol. The summed E-state index contributed by atoms with van der Waals surface area (Å²) in [5, 5.41) is 7.17. The molecule has 0 radical (unpaired) electrons. The first-order chi connectivity index (χ1) is 12.7. The molecule has 1 aliphatic carbocycles. The van der Waals surface area contributed by atoms with Gasteiger partial charge in [-0.05, 0) is 25.3 Å². The van der Waals surface area contributed by atoms with Crippen LogP contribution < -0.4 is 10.1 Å². The zero-order valence-electron chi connectivity index (χ0n) is 15.7. The first kappa shape index (κ1) is 18.3. The van der Waals surface area contributed by atoms with Gasteiger partial charge in [0.2, 0.25) is 0 Å². The number of nitrogens with one attached hydrogen (secondary N) is 1. The van der Waals surface area contributed by atoms with Crippen LogP contribution in [0.3, 0.4) is 0 Å². The number of methoxy groups -OCH3 is 1. The molecule has 3 rings (SSSR count). The van der Waals surface area contributed by atoms with Crippen molar-refractivity contribution in [1.82, 2.24) is 15.4 Å². The van der Waals surface area contributed by atoms with E-state index in [9.17, 15) is 4.79 Å². The quantitative estimate of drug-likeness (QED) is 0.782. The highest BCUT2D eigenvalue weighted by Gasteiger charge is 2.33. The van der Waals surface area contributed by atoms with Crippen molar-refractivity contribution in [2.45, 2.75) is 58.7 Å². The van der Waals surface area contributed by atoms with Crippen molar-refractivity contribution < 1.29 is 14.1 Å². The van der Waals surface area contributed by atoms with Gasteiger partial charge in [-0.25, -0.2) is 4.79 Å². The Balaban J connectivity index is 1.69. The average molecular weight is 357 g/mol. The molecular weight excluding hydrogens is 330 g/mol. The maximum Gasteiger partial charge on any atom is 0.318 e. The number of benzene rings is 1. The van der Waals surface area contributed by atoms with E-state index in [1.165, 1.54) is 0 Å². The highest BCUT2D eigenvalue weighted by atomic mass is 16.5. The molecule has 26 heavy (non-hydrogen) atoms. The van der Waals surface area contributed by atoms with Crippen LogP contribution in [-0.2, 0) is 25.9 Å². The molecule has 6 nitrogen and oxygen atoms in total. The number of aryl methyl sites for hydroxylation is 2. The van der Waals surface area contributed by atoms with Gasteiger partial charge in [0.15, 0.2) is 0 Å². The van der Waals surface area contributed by atoms with Crippen molar-refractivity contribution in [3.8, 4) is 5.75 Å². The van der Waals surface area contributed by atoms with Crippen LogP contribution in [0, 0.1) is 0 Å². The second-order valence-electron chi connectivity index (χ2n) is 6.57. The van der Waals surface area contributed by atoms with Gasteiger partial charge < -0.3 is 19.5 Å². The van der Waals surface area contributed by atoms with E-state index in [0.29, 0.717) is 19.1 Å². The highest BCUT2D eigenvalue weighted by molar-refractivity contribution is 5.75. The number of amides is 2. The molecule has 0 unspecified atom stereocenters. The molecule has 2 aromatic rings. The summed E-state index contributed by atoms with van der Waals surface area (Å²) >= 11 is 0. The Kier molecular flexibility index (Phi) is 5.81. The summed E-state index contributed by atoms with van der Waals surface area (Å²) < 4.78 is 10.8. The van der Waals surface area contributed by atoms with E-state index in [4.69, 9.17) is 9.26 Å². The summed E-state index contributed by atoms with van der Waals surface area (Å²) in [6.45, 7) is 5.07. The summed E-state index contributed by atoms with van der Waals surface area (Å²) in [4.78, 5) is 14.8. The molecule has 0 saturated heterocycles. The average Bonchev–Trinajstić information content (AvgIpc) is 3.43. The van der Waals surface area contributed by atoms with Crippen LogP contribution in [0.4, 0.5) is 4.79 Å². The molecule has 2 amide bonds. The van der Waals surface area contributed by atoms with E-state index in [1.54, 1.807) is 7.11 Å². The maximum absolute atomic E-state index is 12.8. The van der Waals surface area contributed by atoms with Crippen LogP contribution in [0.5, 0.6) is 5.75 Å². The lowest BCUT2D eigenvalue weighted by atomic mass is 10.1. The minimum atomic E-state index is -0.0521. The first-order valence-corrected chi connectivity index (χ1v) is 9.30. The number of carbonyl (C=O) groups excluding carboxylic acids is 1. The summed E-state index contributed by atoms with van der Waals surface area (Å²) in [6, 6.07) is 8.10. The van der Waals surface area contributed by atoms with Crippen LogP contribution in [0.1, 0.15) is 49.3 Å². The fourth-order valence-electron chi connectivity index (χ4n) is 3.17. The van der Waals surface area contributed by atoms with E-state index in [2.05, 4.69) is 10.5 Å². The van der Waals surface area contributed by atoms with Gasteiger partial charge in [-0.3, -0.25) is 0 Å². The molecule has 0 spiro atoms. The number of rotatable bonds is 8. The Morgan fingerprint density at radius 1 is 1.31 bits per heavy atom. The Hall–Kier alpha value is -2.50. The Bertz CT molecular complexity index is 731. The number of hydrogen-bond donors (Lipinski definition) is 1. The second-order valence-corrected chi connectivity index (χ2v) is 6.57. The van der Waals surface area contributed by atoms with E-state index < -0.39 is 0 Å². The Morgan fingerprint density at radius 2 is 2.08 bits per heavy atom. The van der Waals surface area contributed by atoms with Gasteiger partial charge in [0.05, 0.1) is 19.3 Å². The van der Waals surface area contributed by atoms with Crippen molar-refractivity contribution in [2.75, 3.05) is 7.11 Å². The van der Waals surface area contributed by atoms with Crippen molar-refractivity contribution >= 4 is 6.03 Å². The molecule has 1 aromatic heterocycles. The number of nitrogens with zero attached hydrogens (tertiary/aromatic N) is 2. The van der Waals surface area contributed by atoms with Crippen LogP contribution in [0.15, 0.2) is 28.8 Å². The number of carbonyl (C=O) groups is 1. The SMILES string of the molecule is CCc1noc(CC)c1CNC(=O)N(Cc1ccccc1OC)C1CC1. The topological polar surface area (TPSA) is 67.6 Å². The number of hydrogen-bond acceptors (Lipinski definition) is 4. The van der Waals surface area contributed by atoms with Crippen molar-refractivity contribution in [2.24, 2.45) is 0 Å². The number of aromatic nitrogens is 1. The fourth-order valence-corrected chi connectivity index (χ4v) is 3.17. The lowest BCUT2D eigenvalue weighted by Crippen LogP contribution is -2.40. The maximum atomic E-state index is 12.8. The molecule has 1 heterocycles. The monoisotopic (exact) mass is 357 g/mol. The summed E-state index contributed by atoms with van der Waals surface area (Å²) in [6.07, 6.45) is 3.67. The van der Waals surface area contributed by atoms with E-state index >= 15 is 0 Å². The Morgan fingerprint density at radius 3 is 2.73 bits per heavy atom. The molecule has 6 heteroatoms. The van der Waals surface area contributed by atoms with Crippen molar-refractivity contribution in [3.05, 3.63) is 46.8 Å². The van der Waals surface area contributed by atoms with Gasteiger partial charge in [0.1, 0.15) is 11.5 Å². The van der Waals surface area contributed by atoms with Gasteiger partial charge in [0.25, 0.3) is 0 Å². The molecule has 0 atom stereocenters. The summed E-state index contributed by atoms with van der Waals surface area (Å²) in [5.74, 6) is 1.66. The third kappa shape index (κ3) is 4.00. The molecule has 140 valence electrons. The molecule has 1 aromatic carbocycles. The lowest BCUT2D eigenvalue weighted by molar-refractivity contribution is 0.191. The molecule has 1 aliphatic rings. The number of ether oxygens (including phenoxy) is 1. The zero-order valence-corrected chi connectivity index (χ0v) is 15.7.